The molecule has 90 valence electrons. The molecule has 1 saturated heterocycles. The summed E-state index contributed by atoms with van der Waals surface area (Å²) in [4.78, 5) is 0. The van der Waals surface area contributed by atoms with Gasteiger partial charge in [0.2, 0.25) is 10.0 Å². The van der Waals surface area contributed by atoms with Gasteiger partial charge < -0.3 is 9.84 Å². The standard InChI is InChI=1S/C9H19NO4S/c1-8-7-10(4-3-9(8)11)15(12,13)6-5-14-2/h8-9,11H,3-7H2,1-2H3. The second-order valence-corrected chi connectivity index (χ2v) is 6.09. The van der Waals surface area contributed by atoms with Crippen molar-refractivity contribution in [2.24, 2.45) is 5.92 Å². The molecule has 0 amide bonds. The van der Waals surface area contributed by atoms with Crippen LogP contribution in [0.15, 0.2) is 0 Å². The van der Waals surface area contributed by atoms with Crippen molar-refractivity contribution in [1.29, 1.82) is 0 Å². The SMILES string of the molecule is COCCS(=O)(=O)N1CCC(O)C(C)C1. The van der Waals surface area contributed by atoms with E-state index in [4.69, 9.17) is 4.74 Å². The summed E-state index contributed by atoms with van der Waals surface area (Å²) in [6, 6.07) is 0. The fourth-order valence-corrected chi connectivity index (χ4v) is 3.15. The lowest BCUT2D eigenvalue weighted by Gasteiger charge is -2.33. The van der Waals surface area contributed by atoms with E-state index in [-0.39, 0.29) is 24.4 Å². The zero-order valence-corrected chi connectivity index (χ0v) is 10.0. The van der Waals surface area contributed by atoms with Gasteiger partial charge in [0, 0.05) is 20.2 Å². The molecular formula is C9H19NO4S. The number of hydrogen-bond acceptors (Lipinski definition) is 4. The molecule has 0 aromatic carbocycles. The van der Waals surface area contributed by atoms with Crippen LogP contribution in [0.5, 0.6) is 0 Å². The van der Waals surface area contributed by atoms with Crippen molar-refractivity contribution in [3.8, 4) is 0 Å². The number of sulfonamides is 1. The van der Waals surface area contributed by atoms with Gasteiger partial charge in [-0.2, -0.15) is 0 Å². The van der Waals surface area contributed by atoms with Gasteiger partial charge in [0.05, 0.1) is 18.5 Å². The van der Waals surface area contributed by atoms with Crippen LogP contribution in [0.2, 0.25) is 0 Å². The first-order chi connectivity index (χ1) is 6.97. The van der Waals surface area contributed by atoms with Gasteiger partial charge in [0.25, 0.3) is 0 Å². The quantitative estimate of drug-likeness (QED) is 0.727. The van der Waals surface area contributed by atoms with Crippen molar-refractivity contribution in [1.82, 2.24) is 4.31 Å². The van der Waals surface area contributed by atoms with Crippen LogP contribution in [0.4, 0.5) is 0 Å². The van der Waals surface area contributed by atoms with Crippen LogP contribution in [0.25, 0.3) is 0 Å². The van der Waals surface area contributed by atoms with E-state index in [1.165, 1.54) is 11.4 Å². The highest BCUT2D eigenvalue weighted by Gasteiger charge is 2.31. The van der Waals surface area contributed by atoms with Crippen molar-refractivity contribution in [3.63, 3.8) is 0 Å². The molecule has 15 heavy (non-hydrogen) atoms. The number of ether oxygens (including phenoxy) is 1. The van der Waals surface area contributed by atoms with Gasteiger partial charge in [0.15, 0.2) is 0 Å². The van der Waals surface area contributed by atoms with Crippen molar-refractivity contribution in [2.45, 2.75) is 19.4 Å². The largest absolute Gasteiger partial charge is 0.393 e. The van der Waals surface area contributed by atoms with Crippen molar-refractivity contribution in [2.75, 3.05) is 32.6 Å². The molecule has 6 heteroatoms. The van der Waals surface area contributed by atoms with Crippen LogP contribution in [0, 0.1) is 5.92 Å². The van der Waals surface area contributed by atoms with Crippen LogP contribution in [-0.4, -0.2) is 56.5 Å². The third-order valence-electron chi connectivity index (χ3n) is 2.76. The van der Waals surface area contributed by atoms with Gasteiger partial charge >= 0.3 is 0 Å². The molecule has 1 rings (SSSR count). The number of methoxy groups -OCH3 is 1. The topological polar surface area (TPSA) is 66.8 Å². The molecule has 5 nitrogen and oxygen atoms in total. The van der Waals surface area contributed by atoms with Crippen molar-refractivity contribution in [3.05, 3.63) is 0 Å². The maximum Gasteiger partial charge on any atom is 0.216 e. The molecule has 1 aliphatic heterocycles. The number of aliphatic hydroxyl groups excluding tert-OH is 1. The highest BCUT2D eigenvalue weighted by molar-refractivity contribution is 7.89. The van der Waals surface area contributed by atoms with Gasteiger partial charge in [-0.15, -0.1) is 0 Å². The Labute approximate surface area is 91.1 Å². The lowest BCUT2D eigenvalue weighted by atomic mass is 9.99. The maximum atomic E-state index is 11.8. The second-order valence-electron chi connectivity index (χ2n) is 4.00. The Morgan fingerprint density at radius 3 is 2.73 bits per heavy atom. The van der Waals surface area contributed by atoms with Crippen molar-refractivity contribution < 1.29 is 18.3 Å². The molecule has 1 aliphatic rings. The van der Waals surface area contributed by atoms with E-state index in [0.717, 1.165) is 0 Å². The molecule has 0 aliphatic carbocycles. The van der Waals surface area contributed by atoms with Gasteiger partial charge in [-0.05, 0) is 12.3 Å². The van der Waals surface area contributed by atoms with Crippen LogP contribution in [0.1, 0.15) is 13.3 Å². The van der Waals surface area contributed by atoms with Gasteiger partial charge in [-0.3, -0.25) is 0 Å². The molecule has 0 aromatic heterocycles. The van der Waals surface area contributed by atoms with Gasteiger partial charge in [0.1, 0.15) is 0 Å². The Morgan fingerprint density at radius 2 is 2.20 bits per heavy atom. The number of nitrogens with zero attached hydrogens (tertiary/aromatic N) is 1. The summed E-state index contributed by atoms with van der Waals surface area (Å²) in [5.74, 6) is 0.0304. The van der Waals surface area contributed by atoms with E-state index in [1.807, 2.05) is 6.92 Å². The minimum atomic E-state index is -3.20. The Hall–Kier alpha value is -0.170. The van der Waals surface area contributed by atoms with E-state index in [0.29, 0.717) is 19.5 Å². The summed E-state index contributed by atoms with van der Waals surface area (Å²) in [5, 5.41) is 9.49. The number of piperidine rings is 1. The van der Waals surface area contributed by atoms with Crippen LogP contribution >= 0.6 is 0 Å². The van der Waals surface area contributed by atoms with Crippen LogP contribution < -0.4 is 0 Å². The zero-order valence-electron chi connectivity index (χ0n) is 9.22. The fourth-order valence-electron chi connectivity index (χ4n) is 1.67. The third kappa shape index (κ3) is 3.41. The highest BCUT2D eigenvalue weighted by Crippen LogP contribution is 2.19. The first kappa shape index (κ1) is 12.9. The summed E-state index contributed by atoms with van der Waals surface area (Å²) < 4.78 is 29.7. The van der Waals surface area contributed by atoms with Crippen LogP contribution in [-0.2, 0) is 14.8 Å². The Bertz CT molecular complexity index is 290. The lowest BCUT2D eigenvalue weighted by molar-refractivity contribution is 0.0626. The summed E-state index contributed by atoms with van der Waals surface area (Å²) in [6.07, 6.45) is 0.145. The molecule has 2 atom stereocenters. The average Bonchev–Trinajstić information content (AvgIpc) is 2.19. The highest BCUT2D eigenvalue weighted by atomic mass is 32.2. The normalized spacial score (nSPS) is 29.3. The molecule has 1 fully saturated rings. The fraction of sp³-hybridized carbons (Fsp3) is 1.00. The smallest absolute Gasteiger partial charge is 0.216 e. The van der Waals surface area contributed by atoms with E-state index >= 15 is 0 Å². The molecule has 1 N–H and O–H groups in total. The third-order valence-corrected chi connectivity index (χ3v) is 4.56. The molecule has 0 spiro atoms. The van der Waals surface area contributed by atoms with Crippen molar-refractivity contribution >= 4 is 10.0 Å². The minimum absolute atomic E-state index is 0.0102. The van der Waals surface area contributed by atoms with E-state index in [9.17, 15) is 13.5 Å². The summed E-state index contributed by atoms with van der Waals surface area (Å²) in [6.45, 7) is 2.91. The average molecular weight is 237 g/mol. The lowest BCUT2D eigenvalue weighted by Crippen LogP contribution is -2.46. The Balaban J connectivity index is 2.57. The van der Waals surface area contributed by atoms with Gasteiger partial charge in [-0.25, -0.2) is 12.7 Å². The number of rotatable bonds is 4. The number of hydrogen-bond donors (Lipinski definition) is 1. The minimum Gasteiger partial charge on any atom is -0.393 e. The summed E-state index contributed by atoms with van der Waals surface area (Å²) in [5.41, 5.74) is 0. The molecule has 1 heterocycles. The molecule has 0 saturated carbocycles. The Morgan fingerprint density at radius 1 is 1.53 bits per heavy atom. The van der Waals surface area contributed by atoms with Gasteiger partial charge in [-0.1, -0.05) is 6.92 Å². The predicted octanol–water partition coefficient (Wildman–Crippen LogP) is -0.335. The molecule has 0 aromatic rings. The van der Waals surface area contributed by atoms with E-state index in [1.54, 1.807) is 0 Å². The first-order valence-corrected chi connectivity index (χ1v) is 6.73. The number of aliphatic hydroxyl groups is 1. The second kappa shape index (κ2) is 5.25. The molecular weight excluding hydrogens is 218 g/mol. The molecule has 0 bridgehead atoms. The summed E-state index contributed by atoms with van der Waals surface area (Å²) >= 11 is 0. The monoisotopic (exact) mass is 237 g/mol. The predicted molar refractivity (Wildman–Crippen MR) is 57.0 cm³/mol. The first-order valence-electron chi connectivity index (χ1n) is 5.12. The maximum absolute atomic E-state index is 11.8. The van der Waals surface area contributed by atoms with Crippen LogP contribution in [0.3, 0.4) is 0 Å². The van der Waals surface area contributed by atoms with E-state index in [2.05, 4.69) is 0 Å². The molecule has 0 radical (unpaired) electrons. The Kier molecular flexibility index (Phi) is 4.51. The molecule has 2 unspecified atom stereocenters. The van der Waals surface area contributed by atoms with E-state index < -0.39 is 10.0 Å². The summed E-state index contributed by atoms with van der Waals surface area (Å²) in [7, 11) is -1.72. The zero-order chi connectivity index (χ0) is 11.5.